The molecule has 20 heavy (non-hydrogen) atoms. The summed E-state index contributed by atoms with van der Waals surface area (Å²) < 4.78 is 5.10. The van der Waals surface area contributed by atoms with Crippen molar-refractivity contribution in [2.45, 2.75) is 77.4 Å². The van der Waals surface area contributed by atoms with Crippen LogP contribution in [0.5, 0.6) is 0 Å². The van der Waals surface area contributed by atoms with Crippen molar-refractivity contribution in [3.63, 3.8) is 0 Å². The van der Waals surface area contributed by atoms with E-state index in [-0.39, 0.29) is 12.6 Å². The van der Waals surface area contributed by atoms with Gasteiger partial charge >= 0.3 is 5.97 Å². The van der Waals surface area contributed by atoms with Crippen LogP contribution in [0.4, 0.5) is 0 Å². The van der Waals surface area contributed by atoms with Gasteiger partial charge in [-0.15, -0.1) is 0 Å². The first-order chi connectivity index (χ1) is 9.63. The van der Waals surface area contributed by atoms with Crippen LogP contribution in [-0.4, -0.2) is 47.8 Å². The summed E-state index contributed by atoms with van der Waals surface area (Å²) in [6.07, 6.45) is 8.33. The summed E-state index contributed by atoms with van der Waals surface area (Å²) in [6.45, 7) is 6.14. The van der Waals surface area contributed by atoms with E-state index in [4.69, 9.17) is 4.74 Å². The zero-order valence-corrected chi connectivity index (χ0v) is 13.1. The lowest BCUT2D eigenvalue weighted by atomic mass is 10.1. The number of unbranched alkanes of at least 4 members (excludes halogenated alkanes) is 6. The van der Waals surface area contributed by atoms with Gasteiger partial charge in [-0.2, -0.15) is 0 Å². The lowest BCUT2D eigenvalue weighted by molar-refractivity contribution is -0.146. The van der Waals surface area contributed by atoms with Crippen LogP contribution < -0.4 is 0 Å². The topological polar surface area (TPSA) is 49.5 Å². The van der Waals surface area contributed by atoms with Gasteiger partial charge in [-0.3, -0.25) is 9.69 Å². The molecule has 1 saturated heterocycles. The molecule has 0 bridgehead atoms. The minimum atomic E-state index is -0.544. The first-order valence-electron chi connectivity index (χ1n) is 8.21. The standard InChI is InChI=1S/C16H31NO3/c1-3-4-5-6-7-8-9-10-16(19)20-13-15(18)12-17-11-14(17)2/h14-15,18H,3-13H2,1-2H3. The minimum Gasteiger partial charge on any atom is -0.463 e. The number of carbonyl (C=O) groups is 1. The molecule has 0 amide bonds. The molecule has 0 aromatic rings. The van der Waals surface area contributed by atoms with Crippen LogP contribution in [0.25, 0.3) is 0 Å². The third-order valence-corrected chi connectivity index (χ3v) is 3.85. The smallest absolute Gasteiger partial charge is 0.305 e. The second-order valence-corrected chi connectivity index (χ2v) is 6.01. The zero-order chi connectivity index (χ0) is 14.8. The zero-order valence-electron chi connectivity index (χ0n) is 13.1. The molecular weight excluding hydrogens is 254 g/mol. The molecule has 3 atom stereocenters. The summed E-state index contributed by atoms with van der Waals surface area (Å²) >= 11 is 0. The van der Waals surface area contributed by atoms with E-state index in [1.165, 1.54) is 32.1 Å². The molecule has 0 aromatic heterocycles. The van der Waals surface area contributed by atoms with Gasteiger partial charge in [0.15, 0.2) is 0 Å². The molecule has 0 radical (unpaired) electrons. The van der Waals surface area contributed by atoms with Crippen LogP contribution in [0.15, 0.2) is 0 Å². The SMILES string of the molecule is CCCCCCCCCC(=O)OCC(O)CN1CC1C. The van der Waals surface area contributed by atoms with Crippen molar-refractivity contribution in [1.29, 1.82) is 0 Å². The Morgan fingerprint density at radius 2 is 1.85 bits per heavy atom. The highest BCUT2D eigenvalue weighted by atomic mass is 16.5. The van der Waals surface area contributed by atoms with Gasteiger partial charge in [-0.05, 0) is 13.3 Å². The molecule has 0 aliphatic carbocycles. The maximum absolute atomic E-state index is 11.5. The highest BCUT2D eigenvalue weighted by Crippen LogP contribution is 2.16. The largest absolute Gasteiger partial charge is 0.463 e. The summed E-state index contributed by atoms with van der Waals surface area (Å²) in [5.74, 6) is -0.170. The van der Waals surface area contributed by atoms with E-state index in [0.29, 0.717) is 19.0 Å². The Bertz CT molecular complexity index is 270. The Hall–Kier alpha value is -0.610. The van der Waals surface area contributed by atoms with Crippen molar-refractivity contribution in [2.24, 2.45) is 0 Å². The number of hydrogen-bond donors (Lipinski definition) is 1. The van der Waals surface area contributed by atoms with Crippen molar-refractivity contribution in [1.82, 2.24) is 4.90 Å². The van der Waals surface area contributed by atoms with Crippen molar-refractivity contribution >= 4 is 5.97 Å². The van der Waals surface area contributed by atoms with Crippen LogP contribution in [0.3, 0.4) is 0 Å². The van der Waals surface area contributed by atoms with Crippen LogP contribution in [0.1, 0.15) is 65.2 Å². The van der Waals surface area contributed by atoms with Crippen molar-refractivity contribution in [3.8, 4) is 0 Å². The fourth-order valence-corrected chi connectivity index (χ4v) is 2.36. The first kappa shape index (κ1) is 17.4. The molecular formula is C16H31NO3. The number of rotatable bonds is 12. The van der Waals surface area contributed by atoms with E-state index in [9.17, 15) is 9.90 Å². The van der Waals surface area contributed by atoms with Crippen LogP contribution in [0.2, 0.25) is 0 Å². The van der Waals surface area contributed by atoms with Gasteiger partial charge in [-0.1, -0.05) is 45.4 Å². The average Bonchev–Trinajstić information content (AvgIpc) is 3.10. The Balaban J connectivity index is 1.87. The molecule has 3 unspecified atom stereocenters. The number of ether oxygens (including phenoxy) is 1. The van der Waals surface area contributed by atoms with Gasteiger partial charge in [-0.25, -0.2) is 0 Å². The van der Waals surface area contributed by atoms with Gasteiger partial charge < -0.3 is 9.84 Å². The van der Waals surface area contributed by atoms with Crippen molar-refractivity contribution < 1.29 is 14.6 Å². The number of aliphatic hydroxyl groups excluding tert-OH is 1. The quantitative estimate of drug-likeness (QED) is 0.340. The van der Waals surface area contributed by atoms with E-state index >= 15 is 0 Å². The predicted octanol–water partition coefficient (Wildman–Crippen LogP) is 2.74. The number of carbonyl (C=O) groups excluding carboxylic acids is 1. The number of hydrogen-bond acceptors (Lipinski definition) is 4. The van der Waals surface area contributed by atoms with E-state index in [0.717, 1.165) is 19.4 Å². The minimum absolute atomic E-state index is 0.137. The third-order valence-electron chi connectivity index (χ3n) is 3.85. The number of nitrogens with zero attached hydrogens (tertiary/aromatic N) is 1. The van der Waals surface area contributed by atoms with Crippen molar-refractivity contribution in [2.75, 3.05) is 19.7 Å². The second-order valence-electron chi connectivity index (χ2n) is 6.01. The Kier molecular flexibility index (Phi) is 8.86. The Morgan fingerprint density at radius 1 is 1.25 bits per heavy atom. The Labute approximate surface area is 123 Å². The average molecular weight is 285 g/mol. The van der Waals surface area contributed by atoms with Gasteiger partial charge in [0, 0.05) is 25.6 Å². The van der Waals surface area contributed by atoms with Gasteiger partial charge in [0.2, 0.25) is 0 Å². The Morgan fingerprint density at radius 3 is 2.45 bits per heavy atom. The summed E-state index contributed by atoms with van der Waals surface area (Å²) in [6, 6.07) is 0.577. The lowest BCUT2D eigenvalue weighted by Gasteiger charge is -2.12. The number of esters is 1. The monoisotopic (exact) mass is 285 g/mol. The van der Waals surface area contributed by atoms with Crippen molar-refractivity contribution in [3.05, 3.63) is 0 Å². The molecule has 1 aliphatic heterocycles. The highest BCUT2D eigenvalue weighted by Gasteiger charge is 2.30. The maximum atomic E-state index is 11.5. The van der Waals surface area contributed by atoms with Crippen LogP contribution in [0, 0.1) is 0 Å². The van der Waals surface area contributed by atoms with E-state index in [1.807, 2.05) is 0 Å². The molecule has 1 aliphatic rings. The normalized spacial score (nSPS) is 22.6. The molecule has 1 N–H and O–H groups in total. The molecule has 4 heteroatoms. The summed E-state index contributed by atoms with van der Waals surface area (Å²) in [5, 5.41) is 9.70. The predicted molar refractivity (Wildman–Crippen MR) is 80.6 cm³/mol. The molecule has 0 aromatic carbocycles. The first-order valence-corrected chi connectivity index (χ1v) is 8.21. The molecule has 118 valence electrons. The number of β-amino-alcohol motifs (C(OH)–C–C–N with tert-alkyl or cyclic N) is 1. The van der Waals surface area contributed by atoms with E-state index < -0.39 is 6.10 Å². The maximum Gasteiger partial charge on any atom is 0.305 e. The van der Waals surface area contributed by atoms with Gasteiger partial charge in [0.05, 0.1) is 0 Å². The molecule has 0 saturated carbocycles. The fourth-order valence-electron chi connectivity index (χ4n) is 2.36. The summed E-state index contributed by atoms with van der Waals surface area (Å²) in [7, 11) is 0. The fraction of sp³-hybridized carbons (Fsp3) is 0.938. The molecule has 0 spiro atoms. The third kappa shape index (κ3) is 8.54. The lowest BCUT2D eigenvalue weighted by Crippen LogP contribution is -2.26. The van der Waals surface area contributed by atoms with E-state index in [1.54, 1.807) is 0 Å². The number of aliphatic hydroxyl groups is 1. The highest BCUT2D eigenvalue weighted by molar-refractivity contribution is 5.69. The molecule has 1 fully saturated rings. The van der Waals surface area contributed by atoms with E-state index in [2.05, 4.69) is 18.7 Å². The summed E-state index contributed by atoms with van der Waals surface area (Å²) in [4.78, 5) is 13.7. The van der Waals surface area contributed by atoms with Crippen LogP contribution >= 0.6 is 0 Å². The molecule has 1 rings (SSSR count). The summed E-state index contributed by atoms with van der Waals surface area (Å²) in [5.41, 5.74) is 0. The van der Waals surface area contributed by atoms with Gasteiger partial charge in [0.25, 0.3) is 0 Å². The van der Waals surface area contributed by atoms with Crippen LogP contribution in [-0.2, 0) is 9.53 Å². The molecule has 4 nitrogen and oxygen atoms in total. The molecule has 1 heterocycles. The van der Waals surface area contributed by atoms with Gasteiger partial charge in [0.1, 0.15) is 12.7 Å². The second kappa shape index (κ2) is 10.2.